The van der Waals surface area contributed by atoms with Crippen LogP contribution in [0.25, 0.3) is 10.2 Å². The fourth-order valence-corrected chi connectivity index (χ4v) is 4.45. The second kappa shape index (κ2) is 8.95. The number of ether oxygens (including phenoxy) is 1. The molecule has 0 unspecified atom stereocenters. The van der Waals surface area contributed by atoms with Crippen molar-refractivity contribution in [2.75, 3.05) is 12.4 Å². The van der Waals surface area contributed by atoms with Crippen LogP contribution in [0, 0.1) is 5.82 Å². The average molecular weight is 461 g/mol. The number of hydrogen-bond acceptors (Lipinski definition) is 7. The van der Waals surface area contributed by atoms with E-state index in [1.54, 1.807) is 31.4 Å². The topological polar surface area (TPSA) is 77.0 Å². The highest BCUT2D eigenvalue weighted by molar-refractivity contribution is 7.98. The lowest BCUT2D eigenvalue weighted by Gasteiger charge is -2.06. The molecule has 0 radical (unpaired) electrons. The molecule has 0 saturated heterocycles. The Hall–Kier alpha value is -2.75. The molecule has 0 aliphatic heterocycles. The Morgan fingerprint density at radius 3 is 2.90 bits per heavy atom. The number of anilines is 1. The maximum atomic E-state index is 13.8. The predicted octanol–water partition coefficient (Wildman–Crippen LogP) is 5.43. The number of carbonyl (C=O) groups is 1. The molecule has 4 aromatic rings. The van der Waals surface area contributed by atoms with E-state index in [-0.39, 0.29) is 16.5 Å². The average Bonchev–Trinajstić information content (AvgIpc) is 3.15. The number of halogens is 2. The van der Waals surface area contributed by atoms with E-state index in [4.69, 9.17) is 16.3 Å². The van der Waals surface area contributed by atoms with Gasteiger partial charge >= 0.3 is 0 Å². The van der Waals surface area contributed by atoms with Crippen molar-refractivity contribution in [1.29, 1.82) is 0 Å². The third-order valence-corrected chi connectivity index (χ3v) is 6.19. The molecule has 6 nitrogen and oxygen atoms in total. The van der Waals surface area contributed by atoms with Crippen LogP contribution < -0.4 is 10.1 Å². The molecule has 30 heavy (non-hydrogen) atoms. The van der Waals surface area contributed by atoms with Gasteiger partial charge in [-0.1, -0.05) is 52.9 Å². The maximum absolute atomic E-state index is 13.8. The Morgan fingerprint density at radius 1 is 1.27 bits per heavy atom. The minimum Gasteiger partial charge on any atom is -0.497 e. The van der Waals surface area contributed by atoms with E-state index in [9.17, 15) is 9.18 Å². The summed E-state index contributed by atoms with van der Waals surface area (Å²) in [5, 5.41) is 3.57. The summed E-state index contributed by atoms with van der Waals surface area (Å²) < 4.78 is 19.9. The predicted molar refractivity (Wildman–Crippen MR) is 117 cm³/mol. The van der Waals surface area contributed by atoms with Gasteiger partial charge in [0.05, 0.1) is 28.5 Å². The van der Waals surface area contributed by atoms with E-state index in [2.05, 4.69) is 20.3 Å². The zero-order valence-corrected chi connectivity index (χ0v) is 17.9. The summed E-state index contributed by atoms with van der Waals surface area (Å²) in [6, 6.07) is 11.9. The van der Waals surface area contributed by atoms with Crippen molar-refractivity contribution < 1.29 is 13.9 Å². The molecule has 2 heterocycles. The van der Waals surface area contributed by atoms with Crippen molar-refractivity contribution in [1.82, 2.24) is 15.0 Å². The number of nitrogens with one attached hydrogen (secondary N) is 1. The molecule has 4 rings (SSSR count). The smallest absolute Gasteiger partial charge is 0.277 e. The minimum absolute atomic E-state index is 0.0273. The summed E-state index contributed by atoms with van der Waals surface area (Å²) in [5.74, 6) is 0.236. The summed E-state index contributed by atoms with van der Waals surface area (Å²) in [7, 11) is 1.59. The van der Waals surface area contributed by atoms with Crippen molar-refractivity contribution in [3.8, 4) is 5.75 Å². The van der Waals surface area contributed by atoms with Crippen LogP contribution in [0.5, 0.6) is 5.75 Å². The second-order valence-corrected chi connectivity index (χ2v) is 8.42. The van der Waals surface area contributed by atoms with Gasteiger partial charge in [0.2, 0.25) is 0 Å². The van der Waals surface area contributed by atoms with E-state index in [1.165, 1.54) is 35.4 Å². The van der Waals surface area contributed by atoms with Gasteiger partial charge in [-0.05, 0) is 29.8 Å². The molecular formula is C20H14ClFN4O2S2. The number of carbonyl (C=O) groups excluding carboxylic acids is 1. The number of benzene rings is 2. The van der Waals surface area contributed by atoms with E-state index < -0.39 is 5.91 Å². The molecule has 1 N–H and O–H groups in total. The molecule has 0 bridgehead atoms. The third-order valence-electron chi connectivity index (χ3n) is 4.07. The molecule has 0 aliphatic carbocycles. The van der Waals surface area contributed by atoms with Crippen LogP contribution in [-0.4, -0.2) is 28.0 Å². The van der Waals surface area contributed by atoms with E-state index >= 15 is 0 Å². The second-order valence-electron chi connectivity index (χ2n) is 6.04. The van der Waals surface area contributed by atoms with Crippen LogP contribution in [0.2, 0.25) is 5.02 Å². The van der Waals surface area contributed by atoms with Crippen molar-refractivity contribution >= 4 is 56.0 Å². The van der Waals surface area contributed by atoms with Gasteiger partial charge in [-0.15, -0.1) is 0 Å². The molecule has 0 spiro atoms. The van der Waals surface area contributed by atoms with Crippen molar-refractivity contribution in [2.24, 2.45) is 0 Å². The molecule has 0 atom stereocenters. The first-order valence-electron chi connectivity index (χ1n) is 8.68. The normalized spacial score (nSPS) is 10.9. The SMILES string of the molecule is COc1ccc2nc(NC(=O)c3nc(SCc4ccccc4F)ncc3Cl)sc2c1. The zero-order chi connectivity index (χ0) is 21.1. The zero-order valence-electron chi connectivity index (χ0n) is 15.6. The van der Waals surface area contributed by atoms with Gasteiger partial charge in [-0.2, -0.15) is 0 Å². The highest BCUT2D eigenvalue weighted by Crippen LogP contribution is 2.30. The summed E-state index contributed by atoms with van der Waals surface area (Å²) in [6.45, 7) is 0. The van der Waals surface area contributed by atoms with E-state index in [0.29, 0.717) is 27.4 Å². The number of rotatable bonds is 6. The number of fused-ring (bicyclic) bond motifs is 1. The lowest BCUT2D eigenvalue weighted by Crippen LogP contribution is -2.15. The Balaban J connectivity index is 1.51. The van der Waals surface area contributed by atoms with Crippen LogP contribution in [0.15, 0.2) is 53.8 Å². The number of nitrogens with zero attached hydrogens (tertiary/aromatic N) is 3. The lowest BCUT2D eigenvalue weighted by molar-refractivity contribution is 0.102. The van der Waals surface area contributed by atoms with Crippen LogP contribution in [-0.2, 0) is 5.75 Å². The number of aromatic nitrogens is 3. The third kappa shape index (κ3) is 4.53. The first-order valence-corrected chi connectivity index (χ1v) is 10.9. The lowest BCUT2D eigenvalue weighted by atomic mass is 10.2. The summed E-state index contributed by atoms with van der Waals surface area (Å²) >= 11 is 8.66. The molecule has 0 fully saturated rings. The van der Waals surface area contributed by atoms with Crippen LogP contribution in [0.4, 0.5) is 9.52 Å². The highest BCUT2D eigenvalue weighted by atomic mass is 35.5. The Labute approximate surface area is 184 Å². The van der Waals surface area contributed by atoms with Gasteiger partial charge in [0.15, 0.2) is 16.0 Å². The maximum Gasteiger partial charge on any atom is 0.277 e. The van der Waals surface area contributed by atoms with Gasteiger partial charge in [-0.25, -0.2) is 19.3 Å². The summed E-state index contributed by atoms with van der Waals surface area (Å²) in [6.07, 6.45) is 1.36. The van der Waals surface area contributed by atoms with Gasteiger partial charge in [0, 0.05) is 5.75 Å². The molecule has 2 aromatic heterocycles. The monoisotopic (exact) mass is 460 g/mol. The van der Waals surface area contributed by atoms with E-state index in [0.717, 1.165) is 10.2 Å². The number of methoxy groups -OCH3 is 1. The van der Waals surface area contributed by atoms with Crippen molar-refractivity contribution in [2.45, 2.75) is 10.9 Å². The van der Waals surface area contributed by atoms with Crippen molar-refractivity contribution in [3.05, 3.63) is 70.8 Å². The fraction of sp³-hybridized carbons (Fsp3) is 0.100. The number of hydrogen-bond donors (Lipinski definition) is 1. The van der Waals surface area contributed by atoms with Crippen LogP contribution in [0.3, 0.4) is 0 Å². The Bertz CT molecular complexity index is 1230. The standard InChI is InChI=1S/C20H14ClFN4O2S2/c1-28-12-6-7-15-16(8-12)30-20(24-15)26-18(27)17-13(21)9-23-19(25-17)29-10-11-4-2-3-5-14(11)22/h2-9H,10H2,1H3,(H,24,26,27). The number of thiazole rings is 1. The number of amides is 1. The number of thioether (sulfide) groups is 1. The molecule has 0 aliphatic rings. The van der Waals surface area contributed by atoms with Crippen LogP contribution >= 0.6 is 34.7 Å². The molecular weight excluding hydrogens is 447 g/mol. The van der Waals surface area contributed by atoms with Gasteiger partial charge in [0.1, 0.15) is 11.6 Å². The van der Waals surface area contributed by atoms with E-state index in [1.807, 2.05) is 12.1 Å². The Morgan fingerprint density at radius 2 is 2.10 bits per heavy atom. The molecule has 10 heteroatoms. The summed E-state index contributed by atoms with van der Waals surface area (Å²) in [5.41, 5.74) is 1.29. The fourth-order valence-electron chi connectivity index (χ4n) is 2.58. The van der Waals surface area contributed by atoms with Crippen molar-refractivity contribution in [3.63, 3.8) is 0 Å². The van der Waals surface area contributed by atoms with Gasteiger partial charge in [0.25, 0.3) is 5.91 Å². The first kappa shape index (κ1) is 20.5. The van der Waals surface area contributed by atoms with Gasteiger partial charge in [-0.3, -0.25) is 10.1 Å². The quantitative estimate of drug-likeness (QED) is 0.305. The molecule has 1 amide bonds. The minimum atomic E-state index is -0.499. The molecule has 152 valence electrons. The molecule has 0 saturated carbocycles. The first-order chi connectivity index (χ1) is 14.5. The Kier molecular flexibility index (Phi) is 6.12. The molecule has 2 aromatic carbocycles. The van der Waals surface area contributed by atoms with Crippen LogP contribution in [0.1, 0.15) is 16.1 Å². The highest BCUT2D eigenvalue weighted by Gasteiger charge is 2.17. The van der Waals surface area contributed by atoms with Gasteiger partial charge < -0.3 is 4.74 Å². The largest absolute Gasteiger partial charge is 0.497 e. The summed E-state index contributed by atoms with van der Waals surface area (Å²) in [4.78, 5) is 25.4.